The summed E-state index contributed by atoms with van der Waals surface area (Å²) in [6, 6.07) is 0. The van der Waals surface area contributed by atoms with E-state index in [2.05, 4.69) is 26.0 Å². The van der Waals surface area contributed by atoms with E-state index in [4.69, 9.17) is 0 Å². The highest BCUT2D eigenvalue weighted by molar-refractivity contribution is 5.75. The van der Waals surface area contributed by atoms with Crippen LogP contribution in [0.1, 0.15) is 46.5 Å². The van der Waals surface area contributed by atoms with E-state index in [1.165, 1.54) is 12.8 Å². The Morgan fingerprint density at radius 3 is 2.77 bits per heavy atom. The van der Waals surface area contributed by atoms with Gasteiger partial charge in [-0.25, -0.2) is 0 Å². The molecule has 0 saturated carbocycles. The van der Waals surface area contributed by atoms with Crippen molar-refractivity contribution in [2.75, 3.05) is 0 Å². The molecule has 0 aliphatic heterocycles. The Bertz CT molecular complexity index is 213. The van der Waals surface area contributed by atoms with Gasteiger partial charge in [0.1, 0.15) is 5.78 Å². The summed E-state index contributed by atoms with van der Waals surface area (Å²) in [5.41, 5.74) is 0.393. The molecule has 0 saturated heterocycles. The maximum atomic E-state index is 10.9. The molecule has 1 aliphatic carbocycles. The molecule has 0 amide bonds. The second-order valence-corrected chi connectivity index (χ2v) is 4.80. The molecule has 0 fully saturated rings. The highest BCUT2D eigenvalue weighted by Crippen LogP contribution is 2.39. The Balaban J connectivity index is 2.51. The van der Waals surface area contributed by atoms with Crippen molar-refractivity contribution in [3.63, 3.8) is 0 Å². The largest absolute Gasteiger partial charge is 0.300 e. The molecule has 1 unspecified atom stereocenters. The summed E-state index contributed by atoms with van der Waals surface area (Å²) in [6.07, 6.45) is 8.77. The molecule has 0 N–H and O–H groups in total. The lowest BCUT2D eigenvalue weighted by atomic mass is 9.70. The van der Waals surface area contributed by atoms with Crippen LogP contribution >= 0.6 is 0 Å². The highest BCUT2D eigenvalue weighted by atomic mass is 16.1. The quantitative estimate of drug-likeness (QED) is 0.609. The van der Waals surface area contributed by atoms with Gasteiger partial charge in [0.15, 0.2) is 0 Å². The van der Waals surface area contributed by atoms with Gasteiger partial charge in [0, 0.05) is 6.42 Å². The van der Waals surface area contributed by atoms with E-state index in [-0.39, 0.29) is 0 Å². The zero-order valence-electron chi connectivity index (χ0n) is 8.97. The van der Waals surface area contributed by atoms with E-state index in [1.807, 2.05) is 0 Å². The van der Waals surface area contributed by atoms with Crippen LogP contribution in [0.5, 0.6) is 0 Å². The summed E-state index contributed by atoms with van der Waals surface area (Å²) in [5.74, 6) is 0.917. The number of carbonyl (C=O) groups is 1. The van der Waals surface area contributed by atoms with Gasteiger partial charge >= 0.3 is 0 Å². The van der Waals surface area contributed by atoms with Crippen molar-refractivity contribution in [1.82, 2.24) is 0 Å². The molecule has 0 aromatic heterocycles. The van der Waals surface area contributed by atoms with Crippen LogP contribution < -0.4 is 0 Å². The van der Waals surface area contributed by atoms with Gasteiger partial charge in [-0.05, 0) is 37.5 Å². The van der Waals surface area contributed by atoms with Gasteiger partial charge in [-0.2, -0.15) is 0 Å². The average molecular weight is 180 g/mol. The second-order valence-electron chi connectivity index (χ2n) is 4.80. The van der Waals surface area contributed by atoms with E-state index < -0.39 is 0 Å². The van der Waals surface area contributed by atoms with E-state index in [0.717, 1.165) is 12.8 Å². The topological polar surface area (TPSA) is 17.1 Å². The van der Waals surface area contributed by atoms with Crippen molar-refractivity contribution in [1.29, 1.82) is 0 Å². The first-order valence-corrected chi connectivity index (χ1v) is 5.18. The molecule has 0 heterocycles. The minimum atomic E-state index is 0.315. The minimum Gasteiger partial charge on any atom is -0.300 e. The van der Waals surface area contributed by atoms with Gasteiger partial charge in [0.05, 0.1) is 0 Å². The van der Waals surface area contributed by atoms with Crippen LogP contribution in [0.3, 0.4) is 0 Å². The van der Waals surface area contributed by atoms with Crippen molar-refractivity contribution in [3.8, 4) is 0 Å². The first-order chi connectivity index (χ1) is 6.02. The van der Waals surface area contributed by atoms with Gasteiger partial charge in [0.25, 0.3) is 0 Å². The maximum absolute atomic E-state index is 10.9. The van der Waals surface area contributed by atoms with Gasteiger partial charge < -0.3 is 4.79 Å². The number of Topliss-reactive ketones (excluding diaryl/α,β-unsaturated/α-hetero) is 1. The van der Waals surface area contributed by atoms with Gasteiger partial charge in [0.2, 0.25) is 0 Å². The molecule has 1 atom stereocenters. The fourth-order valence-electron chi connectivity index (χ4n) is 2.01. The fraction of sp³-hybridized carbons (Fsp3) is 0.750. The third-order valence-electron chi connectivity index (χ3n) is 3.13. The molecule has 13 heavy (non-hydrogen) atoms. The van der Waals surface area contributed by atoms with Crippen LogP contribution in [0.15, 0.2) is 12.2 Å². The monoisotopic (exact) mass is 180 g/mol. The number of rotatable bonds is 3. The van der Waals surface area contributed by atoms with Crippen LogP contribution in [0, 0.1) is 11.3 Å². The summed E-state index contributed by atoms with van der Waals surface area (Å²) >= 11 is 0. The molecule has 0 spiro atoms. The Hall–Kier alpha value is -0.590. The van der Waals surface area contributed by atoms with E-state index in [0.29, 0.717) is 17.1 Å². The Labute approximate surface area is 81.2 Å². The van der Waals surface area contributed by atoms with Gasteiger partial charge in [-0.1, -0.05) is 26.0 Å². The SMILES string of the molecule is CC(=O)CCC1C=CCCC1(C)C. The van der Waals surface area contributed by atoms with Crippen molar-refractivity contribution in [2.45, 2.75) is 46.5 Å². The van der Waals surface area contributed by atoms with Crippen molar-refractivity contribution < 1.29 is 4.79 Å². The summed E-state index contributed by atoms with van der Waals surface area (Å²) in [4.78, 5) is 10.9. The molecule has 74 valence electrons. The number of hydrogen-bond acceptors (Lipinski definition) is 1. The highest BCUT2D eigenvalue weighted by Gasteiger charge is 2.28. The Morgan fingerprint density at radius 1 is 1.54 bits per heavy atom. The first kappa shape index (κ1) is 10.5. The lowest BCUT2D eigenvalue weighted by Gasteiger charge is -2.35. The average Bonchev–Trinajstić information content (AvgIpc) is 2.01. The molecule has 1 nitrogen and oxygen atoms in total. The molecule has 0 aromatic carbocycles. The van der Waals surface area contributed by atoms with Gasteiger partial charge in [-0.15, -0.1) is 0 Å². The summed E-state index contributed by atoms with van der Waals surface area (Å²) < 4.78 is 0. The van der Waals surface area contributed by atoms with Crippen LogP contribution in [0.4, 0.5) is 0 Å². The number of hydrogen-bond donors (Lipinski definition) is 0. The van der Waals surface area contributed by atoms with E-state index >= 15 is 0 Å². The number of allylic oxidation sites excluding steroid dienone is 2. The molecule has 1 rings (SSSR count). The van der Waals surface area contributed by atoms with Crippen LogP contribution in [0.25, 0.3) is 0 Å². The van der Waals surface area contributed by atoms with Crippen molar-refractivity contribution in [3.05, 3.63) is 12.2 Å². The summed E-state index contributed by atoms with van der Waals surface area (Å²) in [5, 5.41) is 0. The zero-order chi connectivity index (χ0) is 9.90. The molecule has 1 aliphatic rings. The molecular weight excluding hydrogens is 160 g/mol. The summed E-state index contributed by atoms with van der Waals surface area (Å²) in [7, 11) is 0. The lowest BCUT2D eigenvalue weighted by molar-refractivity contribution is -0.117. The maximum Gasteiger partial charge on any atom is 0.129 e. The Morgan fingerprint density at radius 2 is 2.23 bits per heavy atom. The van der Waals surface area contributed by atoms with Crippen LogP contribution in [-0.2, 0) is 4.79 Å². The third kappa shape index (κ3) is 2.98. The normalized spacial score (nSPS) is 25.9. The fourth-order valence-corrected chi connectivity index (χ4v) is 2.01. The third-order valence-corrected chi connectivity index (χ3v) is 3.13. The lowest BCUT2D eigenvalue weighted by Crippen LogP contribution is -2.25. The molecule has 1 heteroatoms. The second kappa shape index (κ2) is 4.08. The van der Waals surface area contributed by atoms with E-state index in [9.17, 15) is 4.79 Å². The first-order valence-electron chi connectivity index (χ1n) is 5.18. The smallest absolute Gasteiger partial charge is 0.129 e. The summed E-state index contributed by atoms with van der Waals surface area (Å²) in [6.45, 7) is 6.29. The van der Waals surface area contributed by atoms with E-state index in [1.54, 1.807) is 6.92 Å². The Kier molecular flexibility index (Phi) is 3.29. The predicted molar refractivity (Wildman–Crippen MR) is 55.6 cm³/mol. The molecule has 0 bridgehead atoms. The van der Waals surface area contributed by atoms with Crippen LogP contribution in [-0.4, -0.2) is 5.78 Å². The van der Waals surface area contributed by atoms with Crippen molar-refractivity contribution in [2.24, 2.45) is 11.3 Å². The van der Waals surface area contributed by atoms with Crippen LogP contribution in [0.2, 0.25) is 0 Å². The van der Waals surface area contributed by atoms with Crippen molar-refractivity contribution >= 4 is 5.78 Å². The molecule has 0 radical (unpaired) electrons. The standard InChI is InChI=1S/C12H20O/c1-10(13)7-8-11-6-4-5-9-12(11,2)3/h4,6,11H,5,7-9H2,1-3H3. The zero-order valence-corrected chi connectivity index (χ0v) is 8.97. The number of carbonyl (C=O) groups excluding carboxylic acids is 1. The molecule has 0 aromatic rings. The minimum absolute atomic E-state index is 0.315. The molecular formula is C12H20O. The predicted octanol–water partition coefficient (Wildman–Crippen LogP) is 3.35. The number of ketones is 1. The van der Waals surface area contributed by atoms with Gasteiger partial charge in [-0.3, -0.25) is 0 Å².